The van der Waals surface area contributed by atoms with Crippen LogP contribution in [0.1, 0.15) is 6.42 Å². The van der Waals surface area contributed by atoms with Crippen LogP contribution in [0.25, 0.3) is 0 Å². The first-order valence-corrected chi connectivity index (χ1v) is 5.19. The molecule has 0 fully saturated rings. The Balaban J connectivity index is 0.00000225. The summed E-state index contributed by atoms with van der Waals surface area (Å²) in [5.74, 6) is 0.0249. The second kappa shape index (κ2) is 8.38. The van der Waals surface area contributed by atoms with Crippen LogP contribution in [0.15, 0.2) is 12.4 Å². The van der Waals surface area contributed by atoms with Crippen molar-refractivity contribution in [1.29, 1.82) is 0 Å². The van der Waals surface area contributed by atoms with Crippen molar-refractivity contribution < 1.29 is 4.79 Å². The second-order valence-corrected chi connectivity index (χ2v) is 3.56. The van der Waals surface area contributed by atoms with E-state index in [2.05, 4.69) is 15.7 Å². The Bertz CT molecular complexity index is 316. The molecule has 0 aliphatic heterocycles. The second-order valence-electron chi connectivity index (χ2n) is 3.13. The molecule has 5 nitrogen and oxygen atoms in total. The van der Waals surface area contributed by atoms with Crippen LogP contribution >= 0.6 is 24.0 Å². The van der Waals surface area contributed by atoms with Gasteiger partial charge in [0, 0.05) is 32.3 Å². The largest absolute Gasteiger partial charge is 0.355 e. The van der Waals surface area contributed by atoms with Crippen molar-refractivity contribution in [3.05, 3.63) is 17.4 Å². The van der Waals surface area contributed by atoms with Crippen molar-refractivity contribution >= 4 is 29.9 Å². The summed E-state index contributed by atoms with van der Waals surface area (Å²) in [7, 11) is 1.85. The van der Waals surface area contributed by atoms with E-state index >= 15 is 0 Å². The lowest BCUT2D eigenvalue weighted by molar-refractivity contribution is -0.121. The number of nitrogens with zero attached hydrogens (tertiary/aromatic N) is 2. The van der Waals surface area contributed by atoms with E-state index in [1.807, 2.05) is 7.05 Å². The first kappa shape index (κ1) is 15.2. The predicted molar refractivity (Wildman–Crippen MR) is 66.0 cm³/mol. The van der Waals surface area contributed by atoms with E-state index in [-0.39, 0.29) is 18.3 Å². The highest BCUT2D eigenvalue weighted by Gasteiger charge is 2.01. The first-order chi connectivity index (χ1) is 7.22. The molecule has 0 bridgehead atoms. The van der Waals surface area contributed by atoms with Crippen LogP contribution in [0.2, 0.25) is 5.02 Å². The summed E-state index contributed by atoms with van der Waals surface area (Å²) >= 11 is 5.69. The molecule has 1 rings (SSSR count). The van der Waals surface area contributed by atoms with Crippen molar-refractivity contribution in [3.8, 4) is 0 Å². The molecular formula is C9H16Cl2N4O. The summed E-state index contributed by atoms with van der Waals surface area (Å²) in [5.41, 5.74) is 0. The normalized spacial score (nSPS) is 9.62. The number of rotatable bonds is 6. The lowest BCUT2D eigenvalue weighted by Gasteiger charge is -2.04. The smallest absolute Gasteiger partial charge is 0.221 e. The summed E-state index contributed by atoms with van der Waals surface area (Å²) in [4.78, 5) is 11.3. The van der Waals surface area contributed by atoms with Crippen LogP contribution in [0.3, 0.4) is 0 Å². The van der Waals surface area contributed by atoms with Crippen LogP contribution in [0.4, 0.5) is 0 Å². The Hall–Kier alpha value is -0.780. The molecule has 92 valence electrons. The molecule has 0 saturated heterocycles. The number of hydrogen-bond acceptors (Lipinski definition) is 3. The number of aromatic nitrogens is 2. The molecule has 0 aliphatic rings. The number of carbonyl (C=O) groups excluding carboxylic acids is 1. The average Bonchev–Trinajstić information content (AvgIpc) is 2.62. The van der Waals surface area contributed by atoms with Crippen molar-refractivity contribution in [2.45, 2.75) is 13.0 Å². The number of hydrogen-bond donors (Lipinski definition) is 2. The van der Waals surface area contributed by atoms with Crippen molar-refractivity contribution in [3.63, 3.8) is 0 Å². The maximum absolute atomic E-state index is 11.3. The van der Waals surface area contributed by atoms with Gasteiger partial charge in [-0.1, -0.05) is 11.6 Å². The van der Waals surface area contributed by atoms with Crippen LogP contribution in [0.5, 0.6) is 0 Å². The van der Waals surface area contributed by atoms with E-state index < -0.39 is 0 Å². The van der Waals surface area contributed by atoms with Crippen molar-refractivity contribution in [2.75, 3.05) is 20.1 Å². The highest BCUT2D eigenvalue weighted by molar-refractivity contribution is 6.30. The third-order valence-corrected chi connectivity index (χ3v) is 2.06. The van der Waals surface area contributed by atoms with Gasteiger partial charge in [0.15, 0.2) is 0 Å². The summed E-state index contributed by atoms with van der Waals surface area (Å²) in [6.07, 6.45) is 3.67. The number of carbonyl (C=O) groups is 1. The molecule has 1 amide bonds. The molecule has 16 heavy (non-hydrogen) atoms. The standard InChI is InChI=1S/C9H15ClN4O.ClH/c1-11-3-4-12-9(15)2-5-14-7-8(10)6-13-14;/h6-7,11H,2-5H2,1H3,(H,12,15);1H. The van der Waals surface area contributed by atoms with Gasteiger partial charge in [-0.3, -0.25) is 9.48 Å². The molecule has 0 aromatic carbocycles. The highest BCUT2D eigenvalue weighted by Crippen LogP contribution is 2.04. The van der Waals surface area contributed by atoms with Gasteiger partial charge in [-0.05, 0) is 7.05 Å². The van der Waals surface area contributed by atoms with E-state index in [1.165, 1.54) is 0 Å². The van der Waals surface area contributed by atoms with Gasteiger partial charge >= 0.3 is 0 Å². The molecule has 0 radical (unpaired) electrons. The average molecular weight is 267 g/mol. The van der Waals surface area contributed by atoms with Crippen LogP contribution in [-0.4, -0.2) is 35.8 Å². The quantitative estimate of drug-likeness (QED) is 0.745. The van der Waals surface area contributed by atoms with Crippen LogP contribution in [0, 0.1) is 0 Å². The lowest BCUT2D eigenvalue weighted by atomic mass is 10.4. The van der Waals surface area contributed by atoms with Gasteiger partial charge in [0.2, 0.25) is 5.91 Å². The zero-order chi connectivity index (χ0) is 11.1. The van der Waals surface area contributed by atoms with Gasteiger partial charge in [-0.15, -0.1) is 12.4 Å². The topological polar surface area (TPSA) is 58.9 Å². The first-order valence-electron chi connectivity index (χ1n) is 4.81. The number of aryl methyl sites for hydroxylation is 1. The van der Waals surface area contributed by atoms with Gasteiger partial charge in [0.05, 0.1) is 11.2 Å². The number of amides is 1. The fourth-order valence-corrected chi connectivity index (χ4v) is 1.25. The maximum Gasteiger partial charge on any atom is 0.221 e. The van der Waals surface area contributed by atoms with E-state index in [9.17, 15) is 4.79 Å². The van der Waals surface area contributed by atoms with Gasteiger partial charge in [-0.25, -0.2) is 0 Å². The van der Waals surface area contributed by atoms with Gasteiger partial charge in [-0.2, -0.15) is 5.10 Å². The Morgan fingerprint density at radius 3 is 2.88 bits per heavy atom. The summed E-state index contributed by atoms with van der Waals surface area (Å²) < 4.78 is 1.65. The van der Waals surface area contributed by atoms with Gasteiger partial charge < -0.3 is 10.6 Å². The number of nitrogens with one attached hydrogen (secondary N) is 2. The van der Waals surface area contributed by atoms with E-state index in [4.69, 9.17) is 11.6 Å². The fraction of sp³-hybridized carbons (Fsp3) is 0.556. The molecule has 1 heterocycles. The SMILES string of the molecule is CNCCNC(=O)CCn1cc(Cl)cn1.Cl. The van der Waals surface area contributed by atoms with Gasteiger partial charge in [0.25, 0.3) is 0 Å². The van der Waals surface area contributed by atoms with Crippen LogP contribution < -0.4 is 10.6 Å². The summed E-state index contributed by atoms with van der Waals surface area (Å²) in [6.45, 7) is 1.98. The Labute approximate surface area is 106 Å². The van der Waals surface area contributed by atoms with E-state index in [1.54, 1.807) is 17.1 Å². The van der Waals surface area contributed by atoms with E-state index in [0.717, 1.165) is 6.54 Å². The van der Waals surface area contributed by atoms with Crippen LogP contribution in [-0.2, 0) is 11.3 Å². The highest BCUT2D eigenvalue weighted by atomic mass is 35.5. The number of likely N-dealkylation sites (N-methyl/N-ethyl adjacent to an activating group) is 1. The Morgan fingerprint density at radius 2 is 2.31 bits per heavy atom. The molecule has 0 aliphatic carbocycles. The molecule has 1 aromatic heterocycles. The number of halogens is 2. The summed E-state index contributed by atoms with van der Waals surface area (Å²) in [6, 6.07) is 0. The molecule has 2 N–H and O–H groups in total. The molecule has 7 heteroatoms. The maximum atomic E-state index is 11.3. The lowest BCUT2D eigenvalue weighted by Crippen LogP contribution is -2.30. The minimum atomic E-state index is 0. The van der Waals surface area contributed by atoms with Gasteiger partial charge in [0.1, 0.15) is 0 Å². The zero-order valence-corrected chi connectivity index (χ0v) is 10.6. The minimum Gasteiger partial charge on any atom is -0.355 e. The molecule has 1 aromatic rings. The molecule has 0 saturated carbocycles. The Morgan fingerprint density at radius 1 is 1.56 bits per heavy atom. The monoisotopic (exact) mass is 266 g/mol. The third kappa shape index (κ3) is 5.95. The third-order valence-electron chi connectivity index (χ3n) is 1.87. The zero-order valence-electron chi connectivity index (χ0n) is 9.07. The van der Waals surface area contributed by atoms with Crippen molar-refractivity contribution in [1.82, 2.24) is 20.4 Å². The summed E-state index contributed by atoms with van der Waals surface area (Å²) in [5, 5.41) is 10.3. The minimum absolute atomic E-state index is 0. The molecule has 0 unspecified atom stereocenters. The molecule has 0 spiro atoms. The predicted octanol–water partition coefficient (Wildman–Crippen LogP) is 0.684. The Kier molecular flexibility index (Phi) is 7.97. The van der Waals surface area contributed by atoms with E-state index in [0.29, 0.717) is 24.5 Å². The molecular weight excluding hydrogens is 251 g/mol. The fourth-order valence-electron chi connectivity index (χ4n) is 1.09. The molecule has 0 atom stereocenters. The van der Waals surface area contributed by atoms with Crippen molar-refractivity contribution in [2.24, 2.45) is 0 Å².